The largest absolute Gasteiger partial charge is 0.337 e. The number of nitrogens with zero attached hydrogens (tertiary/aromatic N) is 1. The van der Waals surface area contributed by atoms with E-state index in [-0.39, 0.29) is 10.8 Å². The third-order valence-corrected chi connectivity index (χ3v) is 6.15. The third kappa shape index (κ3) is 3.80. The highest BCUT2D eigenvalue weighted by molar-refractivity contribution is 7.89. The summed E-state index contributed by atoms with van der Waals surface area (Å²) < 4.78 is 26.6. The zero-order valence-electron chi connectivity index (χ0n) is 13.6. The Labute approximate surface area is 141 Å². The molecule has 1 N–H and O–H groups in total. The Morgan fingerprint density at radius 3 is 2.57 bits per heavy atom. The molecule has 2 aromatic rings. The second kappa shape index (κ2) is 6.82. The molecule has 2 rings (SSSR count). The van der Waals surface area contributed by atoms with Crippen molar-refractivity contribution in [2.45, 2.75) is 25.3 Å². The monoisotopic (exact) mass is 352 g/mol. The van der Waals surface area contributed by atoms with Gasteiger partial charge in [0.15, 0.2) is 0 Å². The van der Waals surface area contributed by atoms with Crippen LogP contribution < -0.4 is 4.72 Å². The van der Waals surface area contributed by atoms with E-state index in [2.05, 4.69) is 4.72 Å². The minimum absolute atomic E-state index is 0.146. The van der Waals surface area contributed by atoms with E-state index in [0.717, 1.165) is 10.4 Å². The molecule has 124 valence electrons. The molecule has 0 fully saturated rings. The summed E-state index contributed by atoms with van der Waals surface area (Å²) in [6.07, 6.45) is 0. The van der Waals surface area contributed by atoms with Crippen molar-refractivity contribution in [1.82, 2.24) is 9.62 Å². The Hall–Kier alpha value is -1.70. The van der Waals surface area contributed by atoms with Gasteiger partial charge in [0.2, 0.25) is 10.0 Å². The molecule has 1 heterocycles. The molecule has 0 radical (unpaired) electrons. The maximum atomic E-state index is 12.6. The minimum Gasteiger partial charge on any atom is -0.337 e. The van der Waals surface area contributed by atoms with E-state index in [0.29, 0.717) is 17.7 Å². The molecule has 0 spiro atoms. The number of hydrogen-bond acceptors (Lipinski definition) is 4. The molecular formula is C16H20N2O3S2. The van der Waals surface area contributed by atoms with Gasteiger partial charge in [0.05, 0.1) is 11.4 Å². The van der Waals surface area contributed by atoms with E-state index in [4.69, 9.17) is 0 Å². The lowest BCUT2D eigenvalue weighted by Crippen LogP contribution is -2.27. The highest BCUT2D eigenvalue weighted by Crippen LogP contribution is 2.22. The van der Waals surface area contributed by atoms with E-state index in [9.17, 15) is 13.2 Å². The summed E-state index contributed by atoms with van der Waals surface area (Å²) in [4.78, 5) is 15.4. The van der Waals surface area contributed by atoms with Crippen molar-refractivity contribution < 1.29 is 13.2 Å². The second-order valence-electron chi connectivity index (χ2n) is 5.36. The Kier molecular flexibility index (Phi) is 5.23. The average Bonchev–Trinajstić information content (AvgIpc) is 3.01. The molecule has 5 nitrogen and oxygen atoms in total. The Morgan fingerprint density at radius 2 is 2.00 bits per heavy atom. The zero-order valence-corrected chi connectivity index (χ0v) is 15.2. The van der Waals surface area contributed by atoms with Gasteiger partial charge in [0.1, 0.15) is 0 Å². The maximum absolute atomic E-state index is 12.6. The number of nitrogens with one attached hydrogen (secondary N) is 1. The first-order chi connectivity index (χ1) is 10.8. The highest BCUT2D eigenvalue weighted by atomic mass is 32.2. The molecule has 0 bridgehead atoms. The number of benzene rings is 1. The molecule has 0 atom stereocenters. The fourth-order valence-corrected chi connectivity index (χ4v) is 4.09. The van der Waals surface area contributed by atoms with Crippen molar-refractivity contribution in [1.29, 1.82) is 0 Å². The van der Waals surface area contributed by atoms with E-state index < -0.39 is 10.0 Å². The van der Waals surface area contributed by atoms with Gasteiger partial charge in [0.25, 0.3) is 5.91 Å². The quantitative estimate of drug-likeness (QED) is 0.899. The Morgan fingerprint density at radius 1 is 1.30 bits per heavy atom. The smallest absolute Gasteiger partial charge is 0.253 e. The van der Waals surface area contributed by atoms with Gasteiger partial charge in [-0.05, 0) is 55.6 Å². The molecule has 0 aliphatic heterocycles. The predicted octanol–water partition coefficient (Wildman–Crippen LogP) is 2.55. The van der Waals surface area contributed by atoms with E-state index in [1.807, 2.05) is 17.5 Å². The zero-order chi connectivity index (χ0) is 17.2. The molecular weight excluding hydrogens is 332 g/mol. The van der Waals surface area contributed by atoms with Gasteiger partial charge in [-0.2, -0.15) is 0 Å². The first-order valence-corrected chi connectivity index (χ1v) is 9.45. The van der Waals surface area contributed by atoms with Crippen LogP contribution in [0.4, 0.5) is 0 Å². The summed E-state index contributed by atoms with van der Waals surface area (Å²) in [5.41, 5.74) is 1.80. The van der Waals surface area contributed by atoms with Gasteiger partial charge in [-0.1, -0.05) is 6.07 Å². The first kappa shape index (κ1) is 17.7. The summed E-state index contributed by atoms with van der Waals surface area (Å²) >= 11 is 1.58. The lowest BCUT2D eigenvalue weighted by atomic mass is 10.1. The van der Waals surface area contributed by atoms with Crippen LogP contribution in [0.15, 0.2) is 34.5 Å². The molecule has 0 saturated heterocycles. The molecule has 0 saturated carbocycles. The SMILES string of the molecule is CNS(=O)(=O)c1cc(C(=O)N(C)Cc2cccs2)cc(C)c1C. The highest BCUT2D eigenvalue weighted by Gasteiger charge is 2.21. The van der Waals surface area contributed by atoms with Gasteiger partial charge < -0.3 is 4.90 Å². The van der Waals surface area contributed by atoms with Crippen LogP contribution >= 0.6 is 11.3 Å². The van der Waals surface area contributed by atoms with Crippen LogP contribution in [0.1, 0.15) is 26.4 Å². The molecule has 1 amide bonds. The fraction of sp³-hybridized carbons (Fsp3) is 0.312. The van der Waals surface area contributed by atoms with Crippen LogP contribution in [0, 0.1) is 13.8 Å². The third-order valence-electron chi connectivity index (χ3n) is 3.74. The normalized spacial score (nSPS) is 11.5. The molecule has 23 heavy (non-hydrogen) atoms. The van der Waals surface area contributed by atoms with Gasteiger partial charge in [-0.25, -0.2) is 13.1 Å². The molecule has 1 aromatic heterocycles. The lowest BCUT2D eigenvalue weighted by molar-refractivity contribution is 0.0786. The molecule has 0 unspecified atom stereocenters. The summed E-state index contributed by atoms with van der Waals surface area (Å²) in [5, 5.41) is 1.96. The Balaban J connectivity index is 2.37. The summed E-state index contributed by atoms with van der Waals surface area (Å²) in [6, 6.07) is 7.08. The number of hydrogen-bond donors (Lipinski definition) is 1. The van der Waals surface area contributed by atoms with Crippen molar-refractivity contribution in [3.8, 4) is 0 Å². The van der Waals surface area contributed by atoms with Crippen molar-refractivity contribution >= 4 is 27.3 Å². The standard InChI is InChI=1S/C16H20N2O3S2/c1-11-8-13(9-15(12(11)2)23(20,21)17-3)16(19)18(4)10-14-6-5-7-22-14/h5-9,17H,10H2,1-4H3. The van der Waals surface area contributed by atoms with Crippen LogP contribution in [0.25, 0.3) is 0 Å². The van der Waals surface area contributed by atoms with Crippen molar-refractivity contribution in [3.63, 3.8) is 0 Å². The van der Waals surface area contributed by atoms with Gasteiger partial charge in [-0.15, -0.1) is 11.3 Å². The number of rotatable bonds is 5. The van der Waals surface area contributed by atoms with Crippen LogP contribution in [0.5, 0.6) is 0 Å². The number of aryl methyl sites for hydroxylation is 1. The lowest BCUT2D eigenvalue weighted by Gasteiger charge is -2.18. The van der Waals surface area contributed by atoms with Crippen molar-refractivity contribution in [2.75, 3.05) is 14.1 Å². The van der Waals surface area contributed by atoms with E-state index in [1.165, 1.54) is 13.1 Å². The van der Waals surface area contributed by atoms with Crippen molar-refractivity contribution in [3.05, 3.63) is 51.2 Å². The number of sulfonamides is 1. The fourth-order valence-electron chi connectivity index (χ4n) is 2.27. The number of carbonyl (C=O) groups excluding carboxylic acids is 1. The summed E-state index contributed by atoms with van der Waals surface area (Å²) in [5.74, 6) is -0.200. The second-order valence-corrected chi connectivity index (χ2v) is 8.25. The predicted molar refractivity (Wildman–Crippen MR) is 92.3 cm³/mol. The maximum Gasteiger partial charge on any atom is 0.253 e. The number of thiophene rings is 1. The average molecular weight is 352 g/mol. The summed E-state index contributed by atoms with van der Waals surface area (Å²) in [6.45, 7) is 4.04. The van der Waals surface area contributed by atoms with Gasteiger partial charge in [0, 0.05) is 17.5 Å². The molecule has 0 aliphatic rings. The molecule has 7 heteroatoms. The van der Waals surface area contributed by atoms with E-state index >= 15 is 0 Å². The minimum atomic E-state index is -3.60. The van der Waals surface area contributed by atoms with Gasteiger partial charge in [-0.3, -0.25) is 4.79 Å². The molecule has 0 aliphatic carbocycles. The van der Waals surface area contributed by atoms with Gasteiger partial charge >= 0.3 is 0 Å². The van der Waals surface area contributed by atoms with Crippen LogP contribution in [0.2, 0.25) is 0 Å². The molecule has 1 aromatic carbocycles. The number of carbonyl (C=O) groups is 1. The summed E-state index contributed by atoms with van der Waals surface area (Å²) in [7, 11) is -0.527. The first-order valence-electron chi connectivity index (χ1n) is 7.09. The van der Waals surface area contributed by atoms with Crippen LogP contribution in [-0.4, -0.2) is 33.3 Å². The van der Waals surface area contributed by atoms with Crippen molar-refractivity contribution in [2.24, 2.45) is 0 Å². The topological polar surface area (TPSA) is 66.5 Å². The van der Waals surface area contributed by atoms with Crippen LogP contribution in [0.3, 0.4) is 0 Å². The van der Waals surface area contributed by atoms with Crippen LogP contribution in [-0.2, 0) is 16.6 Å². The Bertz CT molecular complexity index is 812. The van der Waals surface area contributed by atoms with E-state index in [1.54, 1.807) is 43.2 Å². The number of amides is 1.